The average Bonchev–Trinajstić information content (AvgIpc) is 2.78. The predicted molar refractivity (Wildman–Crippen MR) is 121 cm³/mol. The summed E-state index contributed by atoms with van der Waals surface area (Å²) in [5.41, 5.74) is 16.8. The average molecular weight is 495 g/mol. The van der Waals surface area contributed by atoms with Crippen LogP contribution in [0.15, 0.2) is 24.3 Å². The molecule has 5 amide bonds. The van der Waals surface area contributed by atoms with Crippen LogP contribution in [0.3, 0.4) is 0 Å². The number of benzene rings is 1. The number of carboxylic acids is 1. The maximum absolute atomic E-state index is 12.8. The van der Waals surface area contributed by atoms with Gasteiger partial charge in [-0.25, -0.2) is 0 Å². The van der Waals surface area contributed by atoms with Gasteiger partial charge in [0.1, 0.15) is 24.4 Å². The minimum absolute atomic E-state index is 0.0354. The molecular formula is C21H30N6O8. The summed E-state index contributed by atoms with van der Waals surface area (Å²) in [6, 6.07) is 2.23. The van der Waals surface area contributed by atoms with Gasteiger partial charge in [-0.05, 0) is 37.0 Å². The number of carboxylic acid groups (broad SMARTS) is 1. The molecule has 0 aliphatic carbocycles. The molecule has 0 saturated heterocycles. The first-order valence-corrected chi connectivity index (χ1v) is 10.6. The molecule has 1 aromatic carbocycles. The zero-order valence-electron chi connectivity index (χ0n) is 18.9. The molecule has 0 saturated carbocycles. The highest BCUT2D eigenvalue weighted by Gasteiger charge is 2.29. The number of hydrogen-bond acceptors (Lipinski definition) is 8. The van der Waals surface area contributed by atoms with Crippen LogP contribution >= 0.6 is 0 Å². The third kappa shape index (κ3) is 11.5. The Morgan fingerprint density at radius 3 is 1.77 bits per heavy atom. The van der Waals surface area contributed by atoms with Gasteiger partial charge in [-0.15, -0.1) is 0 Å². The number of hydrogen-bond donors (Lipinski definition) is 8. The highest BCUT2D eigenvalue weighted by molar-refractivity contribution is 5.94. The van der Waals surface area contributed by atoms with Crippen LogP contribution in [0, 0.1) is 0 Å². The maximum atomic E-state index is 12.8. The van der Waals surface area contributed by atoms with E-state index in [1.165, 1.54) is 12.1 Å². The quantitative estimate of drug-likeness (QED) is 0.123. The van der Waals surface area contributed by atoms with Crippen molar-refractivity contribution in [3.8, 4) is 5.75 Å². The molecule has 3 atom stereocenters. The lowest BCUT2D eigenvalue weighted by Crippen LogP contribution is -2.56. The molecule has 35 heavy (non-hydrogen) atoms. The number of amides is 5. The zero-order chi connectivity index (χ0) is 26.5. The molecule has 0 spiro atoms. The van der Waals surface area contributed by atoms with Crippen molar-refractivity contribution in [2.24, 2.45) is 17.2 Å². The van der Waals surface area contributed by atoms with Crippen molar-refractivity contribution in [3.05, 3.63) is 29.8 Å². The summed E-state index contributed by atoms with van der Waals surface area (Å²) in [6.07, 6.45) is -0.930. The predicted octanol–water partition coefficient (Wildman–Crippen LogP) is -3.04. The Balaban J connectivity index is 2.92. The van der Waals surface area contributed by atoms with Gasteiger partial charge < -0.3 is 43.4 Å². The lowest BCUT2D eigenvalue weighted by molar-refractivity contribution is -0.138. The van der Waals surface area contributed by atoms with Crippen molar-refractivity contribution < 1.29 is 39.0 Å². The maximum Gasteiger partial charge on any atom is 0.322 e. The van der Waals surface area contributed by atoms with Gasteiger partial charge in [-0.2, -0.15) is 0 Å². The first-order chi connectivity index (χ1) is 16.4. The van der Waals surface area contributed by atoms with E-state index in [1.807, 2.05) is 0 Å². The second kappa shape index (κ2) is 14.1. The Morgan fingerprint density at radius 1 is 0.800 bits per heavy atom. The lowest BCUT2D eigenvalue weighted by atomic mass is 10.0. The summed E-state index contributed by atoms with van der Waals surface area (Å²) in [5.74, 6) is -5.28. The minimum atomic E-state index is -1.34. The molecule has 14 heteroatoms. The number of rotatable bonds is 15. The van der Waals surface area contributed by atoms with Gasteiger partial charge in [0, 0.05) is 12.8 Å². The topological polar surface area (TPSA) is 257 Å². The number of carbonyl (C=O) groups is 6. The molecule has 0 aromatic heterocycles. The van der Waals surface area contributed by atoms with Crippen LogP contribution in [0.2, 0.25) is 0 Å². The van der Waals surface area contributed by atoms with Crippen LogP contribution < -0.4 is 33.2 Å². The second-order valence-corrected chi connectivity index (χ2v) is 7.72. The highest BCUT2D eigenvalue weighted by Crippen LogP contribution is 2.11. The standard InChI is InChI=1S/C21H30N6O8/c22-13(9-11-1-3-12(28)4-2-11)19(33)26-15(6-8-17(24)30)21(35)27-14(5-7-16(23)29)20(34)25-10-18(31)32/h1-4,13-15,28H,5-10,22H2,(H2,23,29)(H2,24,30)(H,25,34)(H,26,33)(H,27,35)(H,31,32). The monoisotopic (exact) mass is 494 g/mol. The number of nitrogens with one attached hydrogen (secondary N) is 3. The third-order valence-electron chi connectivity index (χ3n) is 4.77. The molecule has 0 aliphatic rings. The van der Waals surface area contributed by atoms with Crippen LogP contribution in [0.1, 0.15) is 31.2 Å². The van der Waals surface area contributed by atoms with Gasteiger partial charge in [-0.1, -0.05) is 12.1 Å². The molecule has 3 unspecified atom stereocenters. The van der Waals surface area contributed by atoms with Crippen LogP contribution in [-0.4, -0.2) is 70.4 Å². The zero-order valence-corrected chi connectivity index (χ0v) is 18.9. The summed E-state index contributed by atoms with van der Waals surface area (Å²) in [6.45, 7) is -0.726. The molecule has 0 bridgehead atoms. The van der Waals surface area contributed by atoms with Crippen molar-refractivity contribution in [2.75, 3.05) is 6.54 Å². The Hall–Kier alpha value is -4.20. The fourth-order valence-electron chi connectivity index (χ4n) is 2.93. The van der Waals surface area contributed by atoms with Crippen molar-refractivity contribution in [2.45, 2.75) is 50.2 Å². The van der Waals surface area contributed by atoms with Gasteiger partial charge in [0.2, 0.25) is 29.5 Å². The lowest BCUT2D eigenvalue weighted by Gasteiger charge is -2.24. The summed E-state index contributed by atoms with van der Waals surface area (Å²) < 4.78 is 0. The molecule has 0 heterocycles. The first-order valence-electron chi connectivity index (χ1n) is 10.6. The number of aromatic hydroxyl groups is 1. The van der Waals surface area contributed by atoms with Gasteiger partial charge in [0.25, 0.3) is 0 Å². The van der Waals surface area contributed by atoms with Crippen LogP contribution in [0.5, 0.6) is 5.75 Å². The normalized spacial score (nSPS) is 13.1. The summed E-state index contributed by atoms with van der Waals surface area (Å²) >= 11 is 0. The number of nitrogens with two attached hydrogens (primary N) is 3. The van der Waals surface area contributed by atoms with E-state index in [0.29, 0.717) is 5.56 Å². The van der Waals surface area contributed by atoms with Crippen molar-refractivity contribution >= 4 is 35.5 Å². The molecule has 0 radical (unpaired) electrons. The fraction of sp³-hybridized carbons (Fsp3) is 0.429. The number of aliphatic carboxylic acids is 1. The van der Waals surface area contributed by atoms with E-state index >= 15 is 0 Å². The summed E-state index contributed by atoms with van der Waals surface area (Å²) in [4.78, 5) is 70.8. The van der Waals surface area contributed by atoms with Gasteiger partial charge >= 0.3 is 5.97 Å². The third-order valence-corrected chi connectivity index (χ3v) is 4.77. The Labute approximate surface area is 200 Å². The summed E-state index contributed by atoms with van der Waals surface area (Å²) in [7, 11) is 0. The molecule has 1 rings (SSSR count). The molecular weight excluding hydrogens is 464 g/mol. The van der Waals surface area contributed by atoms with Crippen molar-refractivity contribution in [1.29, 1.82) is 0 Å². The smallest absolute Gasteiger partial charge is 0.322 e. The van der Waals surface area contributed by atoms with Crippen LogP contribution in [0.25, 0.3) is 0 Å². The SMILES string of the molecule is NC(=O)CCC(NC(=O)C(N)Cc1ccc(O)cc1)C(=O)NC(CCC(N)=O)C(=O)NCC(=O)O. The van der Waals surface area contributed by atoms with E-state index in [9.17, 15) is 33.9 Å². The molecule has 11 N–H and O–H groups in total. The molecule has 192 valence electrons. The Bertz CT molecular complexity index is 936. The van der Waals surface area contributed by atoms with Crippen LogP contribution in [0.4, 0.5) is 0 Å². The molecule has 1 aromatic rings. The van der Waals surface area contributed by atoms with Gasteiger partial charge in [0.05, 0.1) is 6.04 Å². The van der Waals surface area contributed by atoms with Crippen molar-refractivity contribution in [1.82, 2.24) is 16.0 Å². The van der Waals surface area contributed by atoms with Gasteiger partial charge in [0.15, 0.2) is 0 Å². The van der Waals surface area contributed by atoms with Crippen molar-refractivity contribution in [3.63, 3.8) is 0 Å². The van der Waals surface area contributed by atoms with E-state index in [2.05, 4.69) is 16.0 Å². The molecule has 14 nitrogen and oxygen atoms in total. The summed E-state index contributed by atoms with van der Waals surface area (Å²) in [5, 5.41) is 24.9. The minimum Gasteiger partial charge on any atom is -0.508 e. The second-order valence-electron chi connectivity index (χ2n) is 7.72. The van der Waals surface area contributed by atoms with E-state index < -0.39 is 60.2 Å². The number of phenols is 1. The Kier molecular flexibility index (Phi) is 11.7. The van der Waals surface area contributed by atoms with Gasteiger partial charge in [-0.3, -0.25) is 28.8 Å². The van der Waals surface area contributed by atoms with Crippen LogP contribution in [-0.2, 0) is 35.2 Å². The van der Waals surface area contributed by atoms with E-state index in [4.69, 9.17) is 22.3 Å². The van der Waals surface area contributed by atoms with E-state index in [-0.39, 0.29) is 37.9 Å². The number of primary amides is 2. The molecule has 0 fully saturated rings. The largest absolute Gasteiger partial charge is 0.508 e. The number of phenolic OH excluding ortho intramolecular Hbond substituents is 1. The molecule has 0 aliphatic heterocycles. The van der Waals surface area contributed by atoms with E-state index in [0.717, 1.165) is 0 Å². The highest BCUT2D eigenvalue weighted by atomic mass is 16.4. The Morgan fingerprint density at radius 2 is 1.29 bits per heavy atom. The fourth-order valence-corrected chi connectivity index (χ4v) is 2.93. The number of carbonyl (C=O) groups excluding carboxylic acids is 5. The van der Waals surface area contributed by atoms with E-state index in [1.54, 1.807) is 12.1 Å². The first kappa shape index (κ1) is 28.8.